The first-order valence-corrected chi connectivity index (χ1v) is 32.8. The van der Waals surface area contributed by atoms with Gasteiger partial charge in [0.15, 0.2) is 27.8 Å². The molecule has 0 saturated carbocycles. The zero-order valence-electron chi connectivity index (χ0n) is 45.5. The van der Waals surface area contributed by atoms with Crippen LogP contribution in [-0.4, -0.2) is 35.7 Å². The van der Waals surface area contributed by atoms with Gasteiger partial charge in [-0.1, -0.05) is 303 Å². The number of nitrogens with zero attached hydrogens (tertiary/aromatic N) is 4. The predicted molar refractivity (Wildman–Crippen MR) is 347 cm³/mol. The van der Waals surface area contributed by atoms with E-state index in [-0.39, 0.29) is 11.8 Å². The number of rotatable bonds is 11. The van der Waals surface area contributed by atoms with Crippen LogP contribution in [0.4, 0.5) is 0 Å². The van der Waals surface area contributed by atoms with E-state index in [2.05, 4.69) is 320 Å². The van der Waals surface area contributed by atoms with E-state index in [1.165, 1.54) is 74.9 Å². The Morgan fingerprint density at radius 2 is 0.639 bits per heavy atom. The maximum Gasteiger partial charge on any atom is 0.238 e. The molecule has 2 atom stereocenters. The fourth-order valence-electron chi connectivity index (χ4n) is 14.6. The second-order valence-corrected chi connectivity index (χ2v) is 29.6. The van der Waals surface area contributed by atoms with Gasteiger partial charge >= 0.3 is 0 Å². The van der Waals surface area contributed by atoms with E-state index in [4.69, 9.17) is 15.0 Å². The minimum Gasteiger partial charge on any atom is -0.278 e. The quantitative estimate of drug-likeness (QED) is 0.0958. The van der Waals surface area contributed by atoms with Gasteiger partial charge in [-0.15, -0.1) is 0 Å². The molecule has 2 unspecified atom stereocenters. The van der Waals surface area contributed by atoms with E-state index in [9.17, 15) is 0 Å². The monoisotopic (exact) mass is 1090 g/mol. The molecule has 3 aliphatic rings. The molecule has 0 saturated heterocycles. The van der Waals surface area contributed by atoms with E-state index < -0.39 is 16.1 Å². The van der Waals surface area contributed by atoms with E-state index in [0.29, 0.717) is 17.6 Å². The van der Waals surface area contributed by atoms with Crippen LogP contribution in [0.25, 0.3) is 50.5 Å². The van der Waals surface area contributed by atoms with Gasteiger partial charge in [0, 0.05) is 33.7 Å². The number of fused-ring (bicyclic) bond motifs is 3. The van der Waals surface area contributed by atoms with Crippen LogP contribution in [0.1, 0.15) is 45.2 Å². The van der Waals surface area contributed by atoms with Gasteiger partial charge in [-0.25, -0.2) is 4.98 Å². The van der Waals surface area contributed by atoms with Gasteiger partial charge in [0.05, 0.1) is 11.0 Å². The van der Waals surface area contributed by atoms with E-state index in [0.717, 1.165) is 32.9 Å². The smallest absolute Gasteiger partial charge is 0.238 e. The molecule has 390 valence electrons. The molecule has 0 fully saturated rings. The third-order valence-electron chi connectivity index (χ3n) is 18.0. The minimum atomic E-state index is -3.03. The summed E-state index contributed by atoms with van der Waals surface area (Å²) in [6.07, 6.45) is 0. The fourth-order valence-corrected chi connectivity index (χ4v) is 24.4. The van der Waals surface area contributed by atoms with Gasteiger partial charge in [-0.3, -0.25) is 4.57 Å². The van der Waals surface area contributed by atoms with Crippen molar-refractivity contribution in [3.05, 3.63) is 349 Å². The average molecular weight is 1090 g/mol. The first kappa shape index (κ1) is 48.8. The highest BCUT2D eigenvalue weighted by Gasteiger charge is 2.50. The largest absolute Gasteiger partial charge is 0.278 e. The van der Waals surface area contributed by atoms with Crippen LogP contribution >= 0.6 is 0 Å². The second-order valence-electron chi connectivity index (χ2n) is 22.0. The molecule has 12 aromatic carbocycles. The van der Waals surface area contributed by atoms with Crippen molar-refractivity contribution in [2.24, 2.45) is 0 Å². The topological polar surface area (TPSA) is 43.6 Å². The van der Waals surface area contributed by atoms with Crippen molar-refractivity contribution in [1.29, 1.82) is 0 Å². The van der Waals surface area contributed by atoms with Crippen LogP contribution in [0.3, 0.4) is 0 Å². The first-order chi connectivity index (χ1) is 41.2. The summed E-state index contributed by atoms with van der Waals surface area (Å²) in [5, 5.41) is 13.0. The van der Waals surface area contributed by atoms with Crippen molar-refractivity contribution in [3.63, 3.8) is 0 Å². The Morgan fingerprint density at radius 1 is 0.265 bits per heavy atom. The summed E-state index contributed by atoms with van der Waals surface area (Å²) in [7, 11) is -5.86. The number of hydrogen-bond donors (Lipinski definition) is 0. The highest BCUT2D eigenvalue weighted by molar-refractivity contribution is 7.20. The third-order valence-corrected chi connectivity index (χ3v) is 27.6. The van der Waals surface area contributed by atoms with E-state index >= 15 is 0 Å². The van der Waals surface area contributed by atoms with Crippen molar-refractivity contribution in [2.45, 2.75) is 11.8 Å². The molecule has 2 bridgehead atoms. The van der Waals surface area contributed by atoms with Crippen LogP contribution in [-0.2, 0) is 0 Å². The highest BCUT2D eigenvalue weighted by atomic mass is 28.3. The van der Waals surface area contributed by atoms with Crippen LogP contribution < -0.4 is 41.5 Å². The zero-order valence-corrected chi connectivity index (χ0v) is 47.5. The lowest BCUT2D eigenvalue weighted by atomic mass is 9.60. The molecular formula is C77H54N4Si2. The third kappa shape index (κ3) is 7.46. The standard InChI is InChI=1S/C77H54N4Si2/c1-7-27-54(28-8-1)82(55-29-9-2-10-30-55,56-31-11-3-12-32-56)60-51-49-53(50-52-60)75-78-76(80-77(79-75)81-68-46-23-21-39-61(68)62-40-22-24-47-69(62)81)67-45-25-43-65-71-63-41-19-20-42-64(63)74(72(65)67)73-66(71)44-26-48-70(73)83(57-33-13-4-14-34-57,58-35-15-5-16-36-58)59-37-17-6-18-38-59/h1-52,71,74H. The maximum atomic E-state index is 5.72. The number of aromatic nitrogens is 4. The Hall–Kier alpha value is -10.1. The molecule has 3 aliphatic carbocycles. The molecule has 0 radical (unpaired) electrons. The van der Waals surface area contributed by atoms with Crippen molar-refractivity contribution >= 4 is 79.4 Å². The van der Waals surface area contributed by atoms with Crippen molar-refractivity contribution in [3.8, 4) is 28.7 Å². The lowest BCUT2D eigenvalue weighted by Gasteiger charge is -2.46. The summed E-state index contributed by atoms with van der Waals surface area (Å²) in [4.78, 5) is 17.0. The normalized spacial score (nSPS) is 14.3. The van der Waals surface area contributed by atoms with Gasteiger partial charge in [0.1, 0.15) is 0 Å². The summed E-state index contributed by atoms with van der Waals surface area (Å²) in [6.45, 7) is 0. The van der Waals surface area contributed by atoms with Gasteiger partial charge in [0.25, 0.3) is 0 Å². The molecule has 0 aliphatic heterocycles. The molecule has 14 aromatic rings. The molecule has 0 amide bonds. The molecule has 0 N–H and O–H groups in total. The van der Waals surface area contributed by atoms with Crippen LogP contribution in [0.5, 0.6) is 0 Å². The Morgan fingerprint density at radius 3 is 1.13 bits per heavy atom. The van der Waals surface area contributed by atoms with Crippen molar-refractivity contribution in [1.82, 2.24) is 19.5 Å². The minimum absolute atomic E-state index is 0.0101. The second kappa shape index (κ2) is 19.9. The van der Waals surface area contributed by atoms with Crippen LogP contribution in [0.2, 0.25) is 0 Å². The number of benzene rings is 12. The molecule has 0 spiro atoms. The summed E-state index contributed by atoms with van der Waals surface area (Å²) < 4.78 is 2.25. The van der Waals surface area contributed by atoms with Crippen LogP contribution in [0.15, 0.2) is 315 Å². The van der Waals surface area contributed by atoms with Crippen molar-refractivity contribution < 1.29 is 0 Å². The summed E-state index contributed by atoms with van der Waals surface area (Å²) in [5.74, 6) is 1.71. The van der Waals surface area contributed by atoms with Crippen molar-refractivity contribution in [2.75, 3.05) is 0 Å². The Balaban J connectivity index is 0.951. The predicted octanol–water partition coefficient (Wildman–Crippen LogP) is 12.0. The summed E-state index contributed by atoms with van der Waals surface area (Å²) in [5.41, 5.74) is 12.1. The molecule has 2 heterocycles. The first-order valence-electron chi connectivity index (χ1n) is 28.8. The lowest BCUT2D eigenvalue weighted by molar-refractivity contribution is 0.758. The molecule has 4 nitrogen and oxygen atoms in total. The molecule has 83 heavy (non-hydrogen) atoms. The average Bonchev–Trinajstić information content (AvgIpc) is 1.43. The van der Waals surface area contributed by atoms with Gasteiger partial charge in [-0.05, 0) is 87.0 Å². The Kier molecular flexibility index (Phi) is 11.7. The summed E-state index contributed by atoms with van der Waals surface area (Å²) in [6, 6.07) is 117. The van der Waals surface area contributed by atoms with E-state index in [1.54, 1.807) is 0 Å². The number of hydrogen-bond acceptors (Lipinski definition) is 3. The SMILES string of the molecule is c1ccc([Si](c2ccccc2)(c2ccccc2)c2ccc(-c3nc(-c4cccc5c4C4c6ccccc6C5c5cccc([Si](c6ccccc6)(c6ccccc6)c6ccccc6)c54)nc(-n4c5ccccc5c5ccccc54)n3)cc2)cc1. The van der Waals surface area contributed by atoms with E-state index in [1.807, 2.05) is 0 Å². The number of para-hydroxylation sites is 2. The molecule has 6 heteroatoms. The Labute approximate surface area is 485 Å². The maximum absolute atomic E-state index is 5.72. The fraction of sp³-hybridized carbons (Fsp3) is 0.0260. The van der Waals surface area contributed by atoms with Crippen LogP contribution in [0, 0.1) is 0 Å². The zero-order chi connectivity index (χ0) is 54.9. The summed E-state index contributed by atoms with van der Waals surface area (Å²) >= 11 is 0. The van der Waals surface area contributed by atoms with Gasteiger partial charge < -0.3 is 0 Å². The highest BCUT2D eigenvalue weighted by Crippen LogP contribution is 2.57. The lowest BCUT2D eigenvalue weighted by Crippen LogP contribution is -2.75. The Bertz CT molecular complexity index is 4480. The van der Waals surface area contributed by atoms with Gasteiger partial charge in [-0.2, -0.15) is 9.97 Å². The van der Waals surface area contributed by atoms with Gasteiger partial charge in [0.2, 0.25) is 5.95 Å². The molecular weight excluding hydrogens is 1040 g/mol. The molecule has 2 aromatic heterocycles. The molecule has 17 rings (SSSR count).